The van der Waals surface area contributed by atoms with E-state index in [2.05, 4.69) is 15.3 Å². The summed E-state index contributed by atoms with van der Waals surface area (Å²) in [5.41, 5.74) is 6.34. The van der Waals surface area contributed by atoms with Crippen LogP contribution in [0.15, 0.2) is 36.7 Å². The van der Waals surface area contributed by atoms with E-state index in [0.717, 1.165) is 0 Å². The zero-order chi connectivity index (χ0) is 12.3. The normalized spacial score (nSPS) is 9.94. The maximum atomic E-state index is 11.8. The van der Waals surface area contributed by atoms with Gasteiger partial charge in [0.15, 0.2) is 0 Å². The predicted molar refractivity (Wildman–Crippen MR) is 65.8 cm³/mol. The smallest absolute Gasteiger partial charge is 0.260 e. The summed E-state index contributed by atoms with van der Waals surface area (Å²) in [5.74, 6) is -0.141. The third-order valence-corrected chi connectivity index (χ3v) is 2.28. The van der Waals surface area contributed by atoms with Crippen LogP contribution in [0.3, 0.4) is 0 Å². The molecule has 1 amide bonds. The van der Waals surface area contributed by atoms with Crippen molar-refractivity contribution in [2.45, 2.75) is 0 Å². The Hall–Kier alpha value is -2.14. The van der Waals surface area contributed by atoms with Crippen LogP contribution in [0.2, 0.25) is 5.02 Å². The number of rotatable bonds is 2. The zero-order valence-electron chi connectivity index (χ0n) is 8.72. The molecule has 3 N–H and O–H groups in total. The van der Waals surface area contributed by atoms with Crippen LogP contribution in [-0.4, -0.2) is 15.9 Å². The SMILES string of the molecule is Nc1cc(Cl)ccc1C(=O)Nc1ncccn1. The number of halogens is 1. The molecule has 1 aromatic carbocycles. The number of hydrogen-bond acceptors (Lipinski definition) is 4. The quantitative estimate of drug-likeness (QED) is 0.796. The van der Waals surface area contributed by atoms with Crippen molar-refractivity contribution in [1.29, 1.82) is 0 Å². The summed E-state index contributed by atoms with van der Waals surface area (Å²) in [6, 6.07) is 6.32. The Balaban J connectivity index is 2.21. The molecule has 0 fully saturated rings. The molecule has 0 saturated carbocycles. The van der Waals surface area contributed by atoms with Crippen molar-refractivity contribution in [3.8, 4) is 0 Å². The molecule has 0 spiro atoms. The van der Waals surface area contributed by atoms with Gasteiger partial charge in [0.1, 0.15) is 0 Å². The molecule has 0 atom stereocenters. The number of nitrogens with two attached hydrogens (primary N) is 1. The van der Waals surface area contributed by atoms with Gasteiger partial charge in [-0.3, -0.25) is 10.1 Å². The van der Waals surface area contributed by atoms with Gasteiger partial charge in [-0.25, -0.2) is 9.97 Å². The van der Waals surface area contributed by atoms with Crippen molar-refractivity contribution in [2.75, 3.05) is 11.1 Å². The number of nitrogens with one attached hydrogen (secondary N) is 1. The number of aromatic nitrogens is 2. The fourth-order valence-electron chi connectivity index (χ4n) is 1.27. The maximum absolute atomic E-state index is 11.8. The van der Waals surface area contributed by atoms with Gasteiger partial charge in [0.2, 0.25) is 5.95 Å². The molecule has 17 heavy (non-hydrogen) atoms. The van der Waals surface area contributed by atoms with E-state index < -0.39 is 0 Å². The van der Waals surface area contributed by atoms with Crippen molar-refractivity contribution in [3.63, 3.8) is 0 Å². The molecular formula is C11H9ClN4O. The number of nitrogens with zero attached hydrogens (tertiary/aromatic N) is 2. The van der Waals surface area contributed by atoms with Crippen LogP contribution in [-0.2, 0) is 0 Å². The Kier molecular flexibility index (Phi) is 3.20. The number of amides is 1. The van der Waals surface area contributed by atoms with E-state index in [4.69, 9.17) is 17.3 Å². The number of nitrogen functional groups attached to an aromatic ring is 1. The lowest BCUT2D eigenvalue weighted by molar-refractivity contribution is 0.102. The molecule has 2 aromatic rings. The summed E-state index contributed by atoms with van der Waals surface area (Å²) in [7, 11) is 0. The van der Waals surface area contributed by atoms with Gasteiger partial charge in [0, 0.05) is 23.1 Å². The van der Waals surface area contributed by atoms with E-state index >= 15 is 0 Å². The van der Waals surface area contributed by atoms with Gasteiger partial charge in [-0.1, -0.05) is 11.6 Å². The van der Waals surface area contributed by atoms with Crippen molar-refractivity contribution in [3.05, 3.63) is 47.2 Å². The van der Waals surface area contributed by atoms with Crippen LogP contribution in [0.4, 0.5) is 11.6 Å². The molecule has 5 nitrogen and oxygen atoms in total. The highest BCUT2D eigenvalue weighted by atomic mass is 35.5. The molecule has 0 aliphatic rings. The van der Waals surface area contributed by atoms with Crippen molar-refractivity contribution >= 4 is 29.1 Å². The highest BCUT2D eigenvalue weighted by Gasteiger charge is 2.10. The predicted octanol–water partition coefficient (Wildman–Crippen LogP) is 1.96. The van der Waals surface area contributed by atoms with Gasteiger partial charge in [0.25, 0.3) is 5.91 Å². The Bertz CT molecular complexity index is 544. The molecule has 1 aromatic heterocycles. The summed E-state index contributed by atoms with van der Waals surface area (Å²) in [4.78, 5) is 19.6. The minimum absolute atomic E-state index is 0.229. The van der Waals surface area contributed by atoms with Crippen LogP contribution in [0, 0.1) is 0 Å². The molecule has 0 bridgehead atoms. The Morgan fingerprint density at radius 3 is 2.65 bits per heavy atom. The Labute approximate surface area is 103 Å². The summed E-state index contributed by atoms with van der Waals surface area (Å²) < 4.78 is 0. The molecule has 2 rings (SSSR count). The van der Waals surface area contributed by atoms with E-state index in [1.54, 1.807) is 18.2 Å². The summed E-state index contributed by atoms with van der Waals surface area (Å²) in [6.45, 7) is 0. The van der Waals surface area contributed by atoms with Crippen LogP contribution in [0.5, 0.6) is 0 Å². The van der Waals surface area contributed by atoms with E-state index in [1.165, 1.54) is 18.5 Å². The second kappa shape index (κ2) is 4.80. The molecule has 86 valence electrons. The van der Waals surface area contributed by atoms with E-state index in [-0.39, 0.29) is 11.9 Å². The van der Waals surface area contributed by atoms with Gasteiger partial charge in [-0.2, -0.15) is 0 Å². The van der Waals surface area contributed by atoms with E-state index in [0.29, 0.717) is 16.3 Å². The van der Waals surface area contributed by atoms with Gasteiger partial charge in [-0.05, 0) is 24.3 Å². The molecule has 0 aliphatic carbocycles. The first-order valence-electron chi connectivity index (χ1n) is 4.80. The first-order valence-corrected chi connectivity index (χ1v) is 5.18. The average Bonchev–Trinajstić information content (AvgIpc) is 2.30. The van der Waals surface area contributed by atoms with Crippen LogP contribution >= 0.6 is 11.6 Å². The second-order valence-corrected chi connectivity index (χ2v) is 3.69. The largest absolute Gasteiger partial charge is 0.398 e. The van der Waals surface area contributed by atoms with Gasteiger partial charge < -0.3 is 5.73 Å². The van der Waals surface area contributed by atoms with Crippen LogP contribution in [0.25, 0.3) is 0 Å². The monoisotopic (exact) mass is 248 g/mol. The van der Waals surface area contributed by atoms with Gasteiger partial charge >= 0.3 is 0 Å². The summed E-state index contributed by atoms with van der Waals surface area (Å²) in [5, 5.41) is 3.02. The lowest BCUT2D eigenvalue weighted by atomic mass is 10.1. The lowest BCUT2D eigenvalue weighted by Gasteiger charge is -2.06. The number of hydrogen-bond donors (Lipinski definition) is 2. The van der Waals surface area contributed by atoms with Crippen molar-refractivity contribution in [2.24, 2.45) is 0 Å². The number of anilines is 2. The number of carbonyl (C=O) groups is 1. The standard InChI is InChI=1S/C11H9ClN4O/c12-7-2-3-8(9(13)6-7)10(17)16-11-14-4-1-5-15-11/h1-6H,13H2,(H,14,15,16,17). The van der Waals surface area contributed by atoms with Crippen LogP contribution < -0.4 is 11.1 Å². The molecule has 1 heterocycles. The fourth-order valence-corrected chi connectivity index (χ4v) is 1.45. The third kappa shape index (κ3) is 2.70. The van der Waals surface area contributed by atoms with Crippen molar-refractivity contribution < 1.29 is 4.79 Å². The first-order chi connectivity index (χ1) is 8.16. The average molecular weight is 249 g/mol. The third-order valence-electron chi connectivity index (χ3n) is 2.05. The van der Waals surface area contributed by atoms with Gasteiger partial charge in [0.05, 0.1) is 5.56 Å². The topological polar surface area (TPSA) is 80.9 Å². The Morgan fingerprint density at radius 2 is 2.00 bits per heavy atom. The molecule has 0 aliphatic heterocycles. The zero-order valence-corrected chi connectivity index (χ0v) is 9.48. The minimum atomic E-state index is -0.370. The molecule has 0 radical (unpaired) electrons. The molecule has 6 heteroatoms. The van der Waals surface area contributed by atoms with E-state index in [1.807, 2.05) is 0 Å². The second-order valence-electron chi connectivity index (χ2n) is 3.26. The molecule has 0 saturated heterocycles. The fraction of sp³-hybridized carbons (Fsp3) is 0. The van der Waals surface area contributed by atoms with Crippen LogP contribution in [0.1, 0.15) is 10.4 Å². The van der Waals surface area contributed by atoms with E-state index in [9.17, 15) is 4.79 Å². The molecule has 0 unspecified atom stereocenters. The van der Waals surface area contributed by atoms with Crippen molar-refractivity contribution in [1.82, 2.24) is 9.97 Å². The first kappa shape index (κ1) is 11.3. The highest BCUT2D eigenvalue weighted by Crippen LogP contribution is 2.18. The highest BCUT2D eigenvalue weighted by molar-refractivity contribution is 6.31. The minimum Gasteiger partial charge on any atom is -0.398 e. The maximum Gasteiger partial charge on any atom is 0.260 e. The van der Waals surface area contributed by atoms with Gasteiger partial charge in [-0.15, -0.1) is 0 Å². The lowest BCUT2D eigenvalue weighted by Crippen LogP contribution is -2.15. The summed E-state index contributed by atoms with van der Waals surface area (Å²) in [6.07, 6.45) is 3.07. The molecular weight excluding hydrogens is 240 g/mol. The number of carbonyl (C=O) groups excluding carboxylic acids is 1. The summed E-state index contributed by atoms with van der Waals surface area (Å²) >= 11 is 5.75. The Morgan fingerprint density at radius 1 is 1.29 bits per heavy atom. The number of benzene rings is 1.